The van der Waals surface area contributed by atoms with Gasteiger partial charge in [0.2, 0.25) is 5.91 Å². The molecule has 56 valence electrons. The first-order chi connectivity index (χ1) is 4.71. The SMILES string of the molecule is CCC1(C(N)=O)CN=NN1. The molecule has 1 rings (SSSR count). The zero-order chi connectivity index (χ0) is 7.61. The van der Waals surface area contributed by atoms with Crippen LogP contribution in [0, 0.1) is 0 Å². The zero-order valence-electron chi connectivity index (χ0n) is 5.79. The Hall–Kier alpha value is -1.13. The van der Waals surface area contributed by atoms with Crippen LogP contribution in [0.3, 0.4) is 0 Å². The maximum atomic E-state index is 10.8. The van der Waals surface area contributed by atoms with E-state index in [9.17, 15) is 4.79 Å². The molecule has 0 fully saturated rings. The van der Waals surface area contributed by atoms with E-state index in [-0.39, 0.29) is 5.91 Å². The van der Waals surface area contributed by atoms with Crippen molar-refractivity contribution in [1.29, 1.82) is 0 Å². The molecule has 0 saturated carbocycles. The van der Waals surface area contributed by atoms with Crippen molar-refractivity contribution in [2.45, 2.75) is 18.9 Å². The van der Waals surface area contributed by atoms with Gasteiger partial charge in [-0.25, -0.2) is 0 Å². The summed E-state index contributed by atoms with van der Waals surface area (Å²) in [4.78, 5) is 10.8. The van der Waals surface area contributed by atoms with Crippen LogP contribution in [-0.2, 0) is 4.79 Å². The summed E-state index contributed by atoms with van der Waals surface area (Å²) in [5.41, 5.74) is 7.02. The molecule has 1 aliphatic rings. The Labute approximate surface area is 58.7 Å². The molecule has 3 N–H and O–H groups in total. The molecule has 0 aromatic carbocycles. The van der Waals surface area contributed by atoms with Crippen LogP contribution in [0.1, 0.15) is 13.3 Å². The van der Waals surface area contributed by atoms with E-state index in [0.717, 1.165) is 0 Å². The van der Waals surface area contributed by atoms with Gasteiger partial charge < -0.3 is 5.73 Å². The molecule has 10 heavy (non-hydrogen) atoms. The highest BCUT2D eigenvalue weighted by Crippen LogP contribution is 2.14. The van der Waals surface area contributed by atoms with E-state index < -0.39 is 5.54 Å². The lowest BCUT2D eigenvalue weighted by Gasteiger charge is -2.20. The molecule has 5 nitrogen and oxygen atoms in total. The average molecular weight is 142 g/mol. The molecule has 1 atom stereocenters. The van der Waals surface area contributed by atoms with Crippen LogP contribution < -0.4 is 11.2 Å². The molecule has 0 aromatic heterocycles. The van der Waals surface area contributed by atoms with E-state index >= 15 is 0 Å². The second-order valence-corrected chi connectivity index (χ2v) is 2.31. The van der Waals surface area contributed by atoms with Gasteiger partial charge in [0.1, 0.15) is 0 Å². The number of carbonyl (C=O) groups is 1. The standard InChI is InChI=1S/C5H10N4O/c1-2-5(4(6)10)3-7-9-8-5/h2-3H2,1H3,(H2,6,10)(H,7,8). The minimum atomic E-state index is -0.708. The lowest BCUT2D eigenvalue weighted by atomic mass is 9.97. The third kappa shape index (κ3) is 0.832. The van der Waals surface area contributed by atoms with Crippen molar-refractivity contribution in [3.05, 3.63) is 0 Å². The number of hydrogen-bond donors (Lipinski definition) is 2. The molecule has 1 heterocycles. The Bertz CT molecular complexity index is 168. The number of hydrogen-bond acceptors (Lipinski definition) is 4. The molecule has 0 saturated heterocycles. The lowest BCUT2D eigenvalue weighted by molar-refractivity contribution is -0.123. The first-order valence-corrected chi connectivity index (χ1v) is 3.15. The summed E-state index contributed by atoms with van der Waals surface area (Å²) in [5.74, 6) is -0.389. The maximum absolute atomic E-state index is 10.8. The van der Waals surface area contributed by atoms with Gasteiger partial charge in [0, 0.05) is 0 Å². The van der Waals surface area contributed by atoms with E-state index in [2.05, 4.69) is 15.8 Å². The number of carbonyl (C=O) groups excluding carboxylic acids is 1. The molecule has 0 spiro atoms. The van der Waals surface area contributed by atoms with Gasteiger partial charge in [0.25, 0.3) is 0 Å². The summed E-state index contributed by atoms with van der Waals surface area (Å²) in [6.45, 7) is 2.23. The second kappa shape index (κ2) is 2.24. The highest BCUT2D eigenvalue weighted by molar-refractivity contribution is 5.85. The van der Waals surface area contributed by atoms with Crippen molar-refractivity contribution < 1.29 is 4.79 Å². The summed E-state index contributed by atoms with van der Waals surface area (Å²) in [5, 5.41) is 7.15. The van der Waals surface area contributed by atoms with Crippen molar-refractivity contribution in [2.24, 2.45) is 16.1 Å². The predicted molar refractivity (Wildman–Crippen MR) is 35.1 cm³/mol. The van der Waals surface area contributed by atoms with Gasteiger partial charge in [0.05, 0.1) is 6.54 Å². The third-order valence-electron chi connectivity index (χ3n) is 1.75. The minimum Gasteiger partial charge on any atom is -0.368 e. The molecule has 0 radical (unpaired) electrons. The van der Waals surface area contributed by atoms with Crippen LogP contribution >= 0.6 is 0 Å². The number of amides is 1. The monoisotopic (exact) mass is 142 g/mol. The van der Waals surface area contributed by atoms with Crippen LogP contribution in [0.25, 0.3) is 0 Å². The van der Waals surface area contributed by atoms with Gasteiger partial charge in [-0.15, -0.1) is 0 Å². The van der Waals surface area contributed by atoms with Crippen LogP contribution in [0.15, 0.2) is 10.3 Å². The quantitative estimate of drug-likeness (QED) is 0.549. The summed E-state index contributed by atoms with van der Waals surface area (Å²) in [6, 6.07) is 0. The molecule has 1 amide bonds. The summed E-state index contributed by atoms with van der Waals surface area (Å²) in [6.07, 6.45) is 0.620. The zero-order valence-corrected chi connectivity index (χ0v) is 5.79. The molecule has 5 heteroatoms. The average Bonchev–Trinajstić information content (AvgIpc) is 2.35. The highest BCUT2D eigenvalue weighted by atomic mass is 16.1. The van der Waals surface area contributed by atoms with Crippen molar-refractivity contribution >= 4 is 5.91 Å². The fourth-order valence-electron chi connectivity index (χ4n) is 0.821. The van der Waals surface area contributed by atoms with E-state index in [4.69, 9.17) is 5.73 Å². The molecule has 0 aliphatic carbocycles. The Morgan fingerprint density at radius 2 is 2.60 bits per heavy atom. The largest absolute Gasteiger partial charge is 0.368 e. The number of primary amides is 1. The van der Waals surface area contributed by atoms with E-state index in [0.29, 0.717) is 13.0 Å². The number of nitrogens with zero attached hydrogens (tertiary/aromatic N) is 2. The van der Waals surface area contributed by atoms with Crippen LogP contribution in [0.4, 0.5) is 0 Å². The van der Waals surface area contributed by atoms with Crippen LogP contribution in [-0.4, -0.2) is 18.0 Å². The van der Waals surface area contributed by atoms with Crippen molar-refractivity contribution in [2.75, 3.05) is 6.54 Å². The fraction of sp³-hybridized carbons (Fsp3) is 0.800. The van der Waals surface area contributed by atoms with Gasteiger partial charge in [0.15, 0.2) is 5.54 Å². The number of rotatable bonds is 2. The second-order valence-electron chi connectivity index (χ2n) is 2.31. The summed E-state index contributed by atoms with van der Waals surface area (Å²) >= 11 is 0. The van der Waals surface area contributed by atoms with Crippen molar-refractivity contribution in [3.63, 3.8) is 0 Å². The van der Waals surface area contributed by atoms with Crippen LogP contribution in [0.5, 0.6) is 0 Å². The van der Waals surface area contributed by atoms with Gasteiger partial charge >= 0.3 is 0 Å². The third-order valence-corrected chi connectivity index (χ3v) is 1.75. The van der Waals surface area contributed by atoms with Crippen molar-refractivity contribution in [1.82, 2.24) is 5.43 Å². The Balaban J connectivity index is 2.70. The van der Waals surface area contributed by atoms with Gasteiger partial charge in [-0.05, 0) is 6.42 Å². The van der Waals surface area contributed by atoms with Crippen molar-refractivity contribution in [3.8, 4) is 0 Å². The molecule has 1 aliphatic heterocycles. The molecule has 0 aromatic rings. The predicted octanol–water partition coefficient (Wildman–Crippen LogP) is -0.409. The molecule has 0 bridgehead atoms. The normalized spacial score (nSPS) is 30.1. The maximum Gasteiger partial charge on any atom is 0.246 e. The fourth-order valence-corrected chi connectivity index (χ4v) is 0.821. The summed E-state index contributed by atoms with van der Waals surface area (Å²) < 4.78 is 0. The van der Waals surface area contributed by atoms with Gasteiger partial charge in [-0.1, -0.05) is 12.1 Å². The highest BCUT2D eigenvalue weighted by Gasteiger charge is 2.37. The minimum absolute atomic E-state index is 0.360. The van der Waals surface area contributed by atoms with E-state index in [1.165, 1.54) is 0 Å². The molecular formula is C5H10N4O. The Morgan fingerprint density at radius 3 is 2.80 bits per heavy atom. The topological polar surface area (TPSA) is 79.8 Å². The number of nitrogens with two attached hydrogens (primary N) is 1. The van der Waals surface area contributed by atoms with Crippen LogP contribution in [0.2, 0.25) is 0 Å². The van der Waals surface area contributed by atoms with E-state index in [1.807, 2.05) is 6.92 Å². The molecule has 1 unspecified atom stereocenters. The Morgan fingerprint density at radius 1 is 1.90 bits per heavy atom. The molecular weight excluding hydrogens is 132 g/mol. The number of nitrogens with one attached hydrogen (secondary N) is 1. The van der Waals surface area contributed by atoms with E-state index in [1.54, 1.807) is 0 Å². The first kappa shape index (κ1) is 6.98. The van der Waals surface area contributed by atoms with Gasteiger partial charge in [-0.3, -0.25) is 10.2 Å². The Kier molecular flexibility index (Phi) is 1.57. The smallest absolute Gasteiger partial charge is 0.246 e. The lowest BCUT2D eigenvalue weighted by Crippen LogP contribution is -2.52. The first-order valence-electron chi connectivity index (χ1n) is 3.15. The summed E-state index contributed by atoms with van der Waals surface area (Å²) in [7, 11) is 0. The van der Waals surface area contributed by atoms with Gasteiger partial charge in [-0.2, -0.15) is 5.11 Å².